The first-order valence-electron chi connectivity index (χ1n) is 8.43. The second-order valence-corrected chi connectivity index (χ2v) is 6.82. The standard InChI is InChI=1S/C18H22N4O3/c1-20(2)9-15-11-21(10-14-5-6-19-22(14)15)18(23)8-13-3-4-16-17(7-13)25-12-24-16/h3-7,15H,8-12H2,1-2H3/t15-/m1/s1. The molecule has 0 fully saturated rings. The maximum atomic E-state index is 12.8. The molecule has 1 atom stereocenters. The molecule has 25 heavy (non-hydrogen) atoms. The number of hydrogen-bond acceptors (Lipinski definition) is 5. The second kappa shape index (κ2) is 6.40. The van der Waals surface area contributed by atoms with E-state index in [1.165, 1.54) is 0 Å². The molecule has 2 aliphatic heterocycles. The molecule has 132 valence electrons. The van der Waals surface area contributed by atoms with Crippen molar-refractivity contribution in [2.45, 2.75) is 19.0 Å². The number of amides is 1. The van der Waals surface area contributed by atoms with Gasteiger partial charge < -0.3 is 19.3 Å². The van der Waals surface area contributed by atoms with Crippen molar-refractivity contribution in [1.29, 1.82) is 0 Å². The van der Waals surface area contributed by atoms with E-state index in [0.717, 1.165) is 23.6 Å². The van der Waals surface area contributed by atoms with Gasteiger partial charge in [0.15, 0.2) is 11.5 Å². The number of likely N-dealkylation sites (N-methyl/N-ethyl adjacent to an activating group) is 1. The Balaban J connectivity index is 1.49. The van der Waals surface area contributed by atoms with E-state index in [2.05, 4.69) is 10.00 Å². The number of hydrogen-bond donors (Lipinski definition) is 0. The summed E-state index contributed by atoms with van der Waals surface area (Å²) in [4.78, 5) is 16.9. The van der Waals surface area contributed by atoms with Gasteiger partial charge in [-0.1, -0.05) is 6.07 Å². The van der Waals surface area contributed by atoms with E-state index >= 15 is 0 Å². The fraction of sp³-hybridized carbons (Fsp3) is 0.444. The van der Waals surface area contributed by atoms with Gasteiger partial charge in [-0.25, -0.2) is 0 Å². The lowest BCUT2D eigenvalue weighted by Gasteiger charge is -2.35. The van der Waals surface area contributed by atoms with Crippen LogP contribution in [0.4, 0.5) is 0 Å². The predicted molar refractivity (Wildman–Crippen MR) is 91.5 cm³/mol. The van der Waals surface area contributed by atoms with Crippen LogP contribution in [0.5, 0.6) is 11.5 Å². The molecule has 0 aliphatic carbocycles. The molecule has 0 radical (unpaired) electrons. The van der Waals surface area contributed by atoms with Crippen LogP contribution in [0.3, 0.4) is 0 Å². The van der Waals surface area contributed by atoms with E-state index in [9.17, 15) is 4.79 Å². The smallest absolute Gasteiger partial charge is 0.231 e. The minimum atomic E-state index is 0.120. The van der Waals surface area contributed by atoms with Gasteiger partial charge in [0.1, 0.15) is 0 Å². The van der Waals surface area contributed by atoms with Gasteiger partial charge >= 0.3 is 0 Å². The molecule has 7 heteroatoms. The van der Waals surface area contributed by atoms with E-state index in [-0.39, 0.29) is 18.7 Å². The van der Waals surface area contributed by atoms with Crippen LogP contribution in [-0.4, -0.2) is 59.5 Å². The van der Waals surface area contributed by atoms with Crippen molar-refractivity contribution < 1.29 is 14.3 Å². The molecule has 0 saturated carbocycles. The third kappa shape index (κ3) is 3.19. The molecule has 0 unspecified atom stereocenters. The summed E-state index contributed by atoms with van der Waals surface area (Å²) in [5.41, 5.74) is 2.02. The molecule has 0 spiro atoms. The number of aromatic nitrogens is 2. The van der Waals surface area contributed by atoms with Crippen LogP contribution in [-0.2, 0) is 17.8 Å². The van der Waals surface area contributed by atoms with Crippen LogP contribution < -0.4 is 9.47 Å². The predicted octanol–water partition coefficient (Wildman–Crippen LogP) is 1.30. The summed E-state index contributed by atoms with van der Waals surface area (Å²) < 4.78 is 12.8. The fourth-order valence-corrected chi connectivity index (χ4v) is 3.47. The number of carbonyl (C=O) groups excluding carboxylic acids is 1. The Kier molecular flexibility index (Phi) is 4.09. The van der Waals surface area contributed by atoms with Crippen molar-refractivity contribution >= 4 is 5.91 Å². The van der Waals surface area contributed by atoms with E-state index in [1.807, 2.05) is 54.1 Å². The van der Waals surface area contributed by atoms with Crippen molar-refractivity contribution in [3.05, 3.63) is 41.7 Å². The highest BCUT2D eigenvalue weighted by Gasteiger charge is 2.29. The Morgan fingerprint density at radius 2 is 2.12 bits per heavy atom. The summed E-state index contributed by atoms with van der Waals surface area (Å²) in [6, 6.07) is 7.85. The molecule has 4 rings (SSSR count). The summed E-state index contributed by atoms with van der Waals surface area (Å²) in [7, 11) is 4.08. The zero-order valence-corrected chi connectivity index (χ0v) is 14.5. The summed E-state index contributed by atoms with van der Waals surface area (Å²) in [5.74, 6) is 1.58. The lowest BCUT2D eigenvalue weighted by Crippen LogP contribution is -2.44. The van der Waals surface area contributed by atoms with Gasteiger partial charge in [0.25, 0.3) is 0 Å². The monoisotopic (exact) mass is 342 g/mol. The number of fused-ring (bicyclic) bond motifs is 2. The fourth-order valence-electron chi connectivity index (χ4n) is 3.47. The zero-order chi connectivity index (χ0) is 17.4. The third-order valence-corrected chi connectivity index (χ3v) is 4.60. The molecular weight excluding hydrogens is 320 g/mol. The number of rotatable bonds is 4. The van der Waals surface area contributed by atoms with Crippen molar-refractivity contribution in [2.24, 2.45) is 0 Å². The van der Waals surface area contributed by atoms with Crippen LogP contribution in [0.1, 0.15) is 17.3 Å². The van der Waals surface area contributed by atoms with Crippen LogP contribution in [0.2, 0.25) is 0 Å². The summed E-state index contributed by atoms with van der Waals surface area (Å²) in [5, 5.41) is 4.43. The highest BCUT2D eigenvalue weighted by atomic mass is 16.7. The van der Waals surface area contributed by atoms with Crippen molar-refractivity contribution in [3.8, 4) is 11.5 Å². The minimum Gasteiger partial charge on any atom is -0.454 e. The van der Waals surface area contributed by atoms with Gasteiger partial charge in [-0.05, 0) is 37.9 Å². The Morgan fingerprint density at radius 1 is 1.28 bits per heavy atom. The van der Waals surface area contributed by atoms with Gasteiger partial charge in [0, 0.05) is 19.3 Å². The van der Waals surface area contributed by atoms with Gasteiger partial charge in [0.2, 0.25) is 12.7 Å². The molecule has 7 nitrogen and oxygen atoms in total. The number of carbonyl (C=O) groups is 1. The van der Waals surface area contributed by atoms with Gasteiger partial charge in [-0.15, -0.1) is 0 Å². The zero-order valence-electron chi connectivity index (χ0n) is 14.5. The first kappa shape index (κ1) is 16.0. The molecule has 3 heterocycles. The van der Waals surface area contributed by atoms with E-state index < -0.39 is 0 Å². The molecular formula is C18H22N4O3. The van der Waals surface area contributed by atoms with E-state index in [0.29, 0.717) is 25.3 Å². The summed E-state index contributed by atoms with van der Waals surface area (Å²) in [6.45, 7) is 2.38. The molecule has 0 bridgehead atoms. The van der Waals surface area contributed by atoms with E-state index in [4.69, 9.17) is 9.47 Å². The minimum absolute atomic E-state index is 0.120. The first-order chi connectivity index (χ1) is 12.1. The Hall–Kier alpha value is -2.54. The molecule has 1 aromatic carbocycles. The maximum Gasteiger partial charge on any atom is 0.231 e. The number of nitrogens with zero attached hydrogens (tertiary/aromatic N) is 4. The third-order valence-electron chi connectivity index (χ3n) is 4.60. The Morgan fingerprint density at radius 3 is 2.96 bits per heavy atom. The summed E-state index contributed by atoms with van der Waals surface area (Å²) >= 11 is 0. The van der Waals surface area contributed by atoms with Crippen LogP contribution in [0.15, 0.2) is 30.5 Å². The number of benzene rings is 1. The quantitative estimate of drug-likeness (QED) is 0.838. The molecule has 2 aliphatic rings. The highest BCUT2D eigenvalue weighted by molar-refractivity contribution is 5.79. The van der Waals surface area contributed by atoms with Crippen molar-refractivity contribution in [1.82, 2.24) is 19.6 Å². The van der Waals surface area contributed by atoms with Crippen molar-refractivity contribution in [2.75, 3.05) is 34.0 Å². The molecule has 1 amide bonds. The van der Waals surface area contributed by atoms with Crippen molar-refractivity contribution in [3.63, 3.8) is 0 Å². The normalized spacial score (nSPS) is 18.5. The Bertz CT molecular complexity index is 786. The molecule has 0 N–H and O–H groups in total. The second-order valence-electron chi connectivity index (χ2n) is 6.82. The Labute approximate surface area is 146 Å². The van der Waals surface area contributed by atoms with Gasteiger partial charge in [-0.3, -0.25) is 9.48 Å². The van der Waals surface area contributed by atoms with Crippen LogP contribution in [0, 0.1) is 0 Å². The van der Waals surface area contributed by atoms with Crippen LogP contribution >= 0.6 is 0 Å². The highest BCUT2D eigenvalue weighted by Crippen LogP contribution is 2.33. The lowest BCUT2D eigenvalue weighted by molar-refractivity contribution is -0.132. The maximum absolute atomic E-state index is 12.8. The van der Waals surface area contributed by atoms with E-state index in [1.54, 1.807) is 0 Å². The lowest BCUT2D eigenvalue weighted by atomic mass is 10.1. The molecule has 1 aromatic heterocycles. The number of ether oxygens (including phenoxy) is 2. The van der Waals surface area contributed by atoms with Crippen LogP contribution in [0.25, 0.3) is 0 Å². The average Bonchev–Trinajstić information content (AvgIpc) is 3.22. The SMILES string of the molecule is CN(C)C[C@@H]1CN(C(=O)Cc2ccc3c(c2)OCO3)Cc2ccnn21. The topological polar surface area (TPSA) is 59.8 Å². The first-order valence-corrected chi connectivity index (χ1v) is 8.43. The van der Waals surface area contributed by atoms with Gasteiger partial charge in [0.05, 0.1) is 24.7 Å². The molecule has 2 aromatic rings. The van der Waals surface area contributed by atoms with Gasteiger partial charge in [-0.2, -0.15) is 5.10 Å². The largest absolute Gasteiger partial charge is 0.454 e. The molecule has 0 saturated heterocycles. The summed E-state index contributed by atoms with van der Waals surface area (Å²) in [6.07, 6.45) is 2.17. The average molecular weight is 342 g/mol.